The third-order valence-electron chi connectivity index (χ3n) is 11.2. The highest BCUT2D eigenvalue weighted by atomic mass is 16.3. The Labute approximate surface area is 326 Å². The SMILES string of the molecule is c1ccc(-c2cccc(-c3nc(-c4cccc5c4oc4ccccc45)nc(-n4c5ccccc5c5c4ccc4c6ccccc6n(-c6ccccc6)c45)n3)c2)cc1. The van der Waals surface area contributed by atoms with E-state index in [4.69, 9.17) is 19.4 Å². The number of benzene rings is 8. The molecule has 12 rings (SSSR count). The maximum Gasteiger partial charge on any atom is 0.238 e. The molecule has 0 bridgehead atoms. The summed E-state index contributed by atoms with van der Waals surface area (Å²) in [7, 11) is 0. The Kier molecular flexibility index (Phi) is 6.83. The standard InChI is InChI=1S/C51H31N5O/c1-3-15-32(16-4-1)33-17-13-18-34(31-33)49-52-50(41-25-14-24-39-37-22-9-12-28-45(37)57-48(39)41)54-51(53-49)56-43-27-11-8-23-40(43)46-44(56)30-29-38-36-21-7-10-26-42(36)55(47(38)46)35-19-5-2-6-20-35/h1-31H. The molecule has 12 aromatic rings. The predicted molar refractivity (Wildman–Crippen MR) is 232 cm³/mol. The molecule has 0 amide bonds. The first-order valence-corrected chi connectivity index (χ1v) is 19.1. The molecule has 0 fully saturated rings. The van der Waals surface area contributed by atoms with Gasteiger partial charge >= 0.3 is 0 Å². The minimum absolute atomic E-state index is 0.529. The summed E-state index contributed by atoms with van der Waals surface area (Å²) in [5.41, 5.74) is 10.9. The van der Waals surface area contributed by atoms with Crippen LogP contribution in [-0.4, -0.2) is 24.1 Å². The van der Waals surface area contributed by atoms with Crippen molar-refractivity contribution >= 4 is 65.6 Å². The molecule has 57 heavy (non-hydrogen) atoms. The van der Waals surface area contributed by atoms with E-state index < -0.39 is 0 Å². The molecule has 6 nitrogen and oxygen atoms in total. The highest BCUT2D eigenvalue weighted by molar-refractivity contribution is 6.26. The van der Waals surface area contributed by atoms with Crippen molar-refractivity contribution in [1.82, 2.24) is 24.1 Å². The van der Waals surface area contributed by atoms with Gasteiger partial charge in [0.25, 0.3) is 0 Å². The van der Waals surface area contributed by atoms with E-state index in [2.05, 4.69) is 167 Å². The van der Waals surface area contributed by atoms with Crippen molar-refractivity contribution in [2.75, 3.05) is 0 Å². The van der Waals surface area contributed by atoms with Crippen molar-refractivity contribution in [3.8, 4) is 45.5 Å². The molecule has 8 aromatic carbocycles. The second-order valence-electron chi connectivity index (χ2n) is 14.4. The van der Waals surface area contributed by atoms with Gasteiger partial charge < -0.3 is 8.98 Å². The van der Waals surface area contributed by atoms with E-state index >= 15 is 0 Å². The first-order valence-electron chi connectivity index (χ1n) is 19.1. The molecule has 4 aromatic heterocycles. The minimum atomic E-state index is 0.529. The number of aromatic nitrogens is 5. The number of rotatable bonds is 5. The quantitative estimate of drug-likeness (QED) is 0.177. The minimum Gasteiger partial charge on any atom is -0.455 e. The van der Waals surface area contributed by atoms with Crippen molar-refractivity contribution in [3.05, 3.63) is 188 Å². The van der Waals surface area contributed by atoms with Crippen LogP contribution in [0.15, 0.2) is 192 Å². The number of hydrogen-bond donors (Lipinski definition) is 0. The lowest BCUT2D eigenvalue weighted by Gasteiger charge is -2.12. The molecule has 6 heteroatoms. The van der Waals surface area contributed by atoms with Gasteiger partial charge in [-0.15, -0.1) is 0 Å². The third kappa shape index (κ3) is 4.81. The van der Waals surface area contributed by atoms with Crippen LogP contribution in [0.2, 0.25) is 0 Å². The molecule has 0 unspecified atom stereocenters. The van der Waals surface area contributed by atoms with Crippen LogP contribution in [0.1, 0.15) is 0 Å². The second-order valence-corrected chi connectivity index (χ2v) is 14.4. The monoisotopic (exact) mass is 729 g/mol. The van der Waals surface area contributed by atoms with Gasteiger partial charge in [-0.25, -0.2) is 4.98 Å². The number of fused-ring (bicyclic) bond motifs is 10. The van der Waals surface area contributed by atoms with Crippen molar-refractivity contribution in [2.45, 2.75) is 0 Å². The first kappa shape index (κ1) is 31.5. The molecule has 0 aliphatic rings. The van der Waals surface area contributed by atoms with Crippen LogP contribution in [0.25, 0.3) is 111 Å². The Morgan fingerprint density at radius 3 is 1.86 bits per heavy atom. The number of nitrogens with zero attached hydrogens (tertiary/aromatic N) is 5. The normalized spacial score (nSPS) is 11.9. The van der Waals surface area contributed by atoms with E-state index in [0.29, 0.717) is 17.6 Å². The van der Waals surface area contributed by atoms with Crippen LogP contribution in [0.3, 0.4) is 0 Å². The van der Waals surface area contributed by atoms with Gasteiger partial charge in [0.2, 0.25) is 5.95 Å². The molecule has 266 valence electrons. The van der Waals surface area contributed by atoms with Crippen LogP contribution in [0, 0.1) is 0 Å². The van der Waals surface area contributed by atoms with Gasteiger partial charge in [0.05, 0.1) is 27.6 Å². The van der Waals surface area contributed by atoms with Gasteiger partial charge in [0, 0.05) is 43.6 Å². The largest absolute Gasteiger partial charge is 0.455 e. The van der Waals surface area contributed by atoms with Gasteiger partial charge in [0.1, 0.15) is 11.2 Å². The van der Waals surface area contributed by atoms with Gasteiger partial charge in [0.15, 0.2) is 11.6 Å². The fourth-order valence-corrected chi connectivity index (χ4v) is 8.68. The van der Waals surface area contributed by atoms with Crippen LogP contribution < -0.4 is 0 Å². The van der Waals surface area contributed by atoms with E-state index in [1.807, 2.05) is 30.3 Å². The Bertz CT molecular complexity index is 3520. The Morgan fingerprint density at radius 1 is 0.386 bits per heavy atom. The number of furan rings is 1. The van der Waals surface area contributed by atoms with Gasteiger partial charge in [-0.2, -0.15) is 9.97 Å². The summed E-state index contributed by atoms with van der Waals surface area (Å²) in [6.07, 6.45) is 0. The first-order chi connectivity index (χ1) is 28.3. The molecule has 4 heterocycles. The van der Waals surface area contributed by atoms with Crippen molar-refractivity contribution in [1.29, 1.82) is 0 Å². The summed E-state index contributed by atoms with van der Waals surface area (Å²) in [4.78, 5) is 15.9. The molecular formula is C51H31N5O. The van der Waals surface area contributed by atoms with E-state index in [9.17, 15) is 0 Å². The fraction of sp³-hybridized carbons (Fsp3) is 0. The van der Waals surface area contributed by atoms with Crippen LogP contribution >= 0.6 is 0 Å². The summed E-state index contributed by atoms with van der Waals surface area (Å²) in [6.45, 7) is 0. The summed E-state index contributed by atoms with van der Waals surface area (Å²) in [6, 6.07) is 65.5. The average molecular weight is 730 g/mol. The smallest absolute Gasteiger partial charge is 0.238 e. The van der Waals surface area contributed by atoms with Crippen LogP contribution in [-0.2, 0) is 0 Å². The Morgan fingerprint density at radius 2 is 1.02 bits per heavy atom. The molecule has 0 N–H and O–H groups in total. The maximum absolute atomic E-state index is 6.55. The van der Waals surface area contributed by atoms with Gasteiger partial charge in [-0.3, -0.25) is 4.57 Å². The fourth-order valence-electron chi connectivity index (χ4n) is 8.68. The number of para-hydroxylation sites is 5. The summed E-state index contributed by atoms with van der Waals surface area (Å²) in [5.74, 6) is 1.64. The number of hydrogen-bond acceptors (Lipinski definition) is 4. The zero-order valence-electron chi connectivity index (χ0n) is 30.5. The molecule has 0 radical (unpaired) electrons. The van der Waals surface area contributed by atoms with Crippen molar-refractivity contribution < 1.29 is 4.42 Å². The highest BCUT2D eigenvalue weighted by Gasteiger charge is 2.24. The second kappa shape index (κ2) is 12.3. The Hall–Kier alpha value is -7.83. The van der Waals surface area contributed by atoms with Crippen LogP contribution in [0.4, 0.5) is 0 Å². The summed E-state index contributed by atoms with van der Waals surface area (Å²) >= 11 is 0. The van der Waals surface area contributed by atoms with Crippen LogP contribution in [0.5, 0.6) is 0 Å². The predicted octanol–water partition coefficient (Wildman–Crippen LogP) is 13.0. The van der Waals surface area contributed by atoms with E-state index in [-0.39, 0.29) is 0 Å². The third-order valence-corrected chi connectivity index (χ3v) is 11.2. The van der Waals surface area contributed by atoms with Gasteiger partial charge in [-0.1, -0.05) is 140 Å². The topological polar surface area (TPSA) is 61.7 Å². The molecule has 0 atom stereocenters. The zero-order valence-corrected chi connectivity index (χ0v) is 30.5. The summed E-state index contributed by atoms with van der Waals surface area (Å²) < 4.78 is 11.1. The van der Waals surface area contributed by atoms with E-state index in [0.717, 1.165) is 82.7 Å². The average Bonchev–Trinajstić information content (AvgIpc) is 3.95. The van der Waals surface area contributed by atoms with Gasteiger partial charge in [-0.05, 0) is 59.7 Å². The molecule has 0 aliphatic heterocycles. The van der Waals surface area contributed by atoms with Crippen molar-refractivity contribution in [2.24, 2.45) is 0 Å². The molecule has 0 saturated heterocycles. The lowest BCUT2D eigenvalue weighted by Crippen LogP contribution is -2.06. The van der Waals surface area contributed by atoms with E-state index in [1.54, 1.807) is 0 Å². The zero-order chi connectivity index (χ0) is 37.5. The van der Waals surface area contributed by atoms with E-state index in [1.165, 1.54) is 10.8 Å². The molecular weight excluding hydrogens is 699 g/mol. The lowest BCUT2D eigenvalue weighted by molar-refractivity contribution is 0.669. The lowest BCUT2D eigenvalue weighted by atomic mass is 10.0. The molecule has 0 saturated carbocycles. The Balaban J connectivity index is 1.18. The van der Waals surface area contributed by atoms with Crippen molar-refractivity contribution in [3.63, 3.8) is 0 Å². The maximum atomic E-state index is 6.55. The molecule has 0 aliphatic carbocycles. The molecule has 0 spiro atoms. The summed E-state index contributed by atoms with van der Waals surface area (Å²) in [5, 5.41) is 6.72. The highest BCUT2D eigenvalue weighted by Crippen LogP contribution is 2.42.